The lowest BCUT2D eigenvalue weighted by Crippen LogP contribution is -2.81. The zero-order chi connectivity index (χ0) is 16.9. The average Bonchev–Trinajstić information content (AvgIpc) is 2.32. The van der Waals surface area contributed by atoms with Gasteiger partial charge in [0.1, 0.15) is 11.4 Å². The molecule has 3 N–H and O–H groups in total. The van der Waals surface area contributed by atoms with Crippen LogP contribution in [-0.2, 0) is 4.74 Å². The van der Waals surface area contributed by atoms with Crippen molar-refractivity contribution in [2.24, 2.45) is 0 Å². The molecule has 1 aromatic heterocycles. The number of carbonyl (C=O) groups is 2. The summed E-state index contributed by atoms with van der Waals surface area (Å²) in [6, 6.07) is 4.88. The van der Waals surface area contributed by atoms with Gasteiger partial charge in [0.15, 0.2) is 5.69 Å². The number of hydrogen-bond acceptors (Lipinski definition) is 5. The number of rotatable bonds is 4. The summed E-state index contributed by atoms with van der Waals surface area (Å²) in [7, 11) is 0. The van der Waals surface area contributed by atoms with E-state index in [1.54, 1.807) is 12.1 Å². The smallest absolute Gasteiger partial charge is 0.408 e. The first-order valence-corrected chi connectivity index (χ1v) is 7.60. The molecule has 0 aliphatic heterocycles. The van der Waals surface area contributed by atoms with Crippen molar-refractivity contribution in [3.63, 3.8) is 0 Å². The highest BCUT2D eigenvalue weighted by Gasteiger charge is 2.69. The molecule has 1 amide bonds. The number of alkyl carbamates (subject to hydrolysis) is 1. The number of nitrogens with zero attached hydrogens (tertiary/aromatic N) is 1. The monoisotopic (exact) mass is 319 g/mol. The fourth-order valence-corrected chi connectivity index (χ4v) is 3.47. The quantitative estimate of drug-likeness (QED) is 0.788. The van der Waals surface area contributed by atoms with Crippen LogP contribution in [0.2, 0.25) is 0 Å². The molecule has 7 heteroatoms. The number of amides is 1. The molecule has 7 nitrogen and oxygen atoms in total. The third kappa shape index (κ3) is 3.09. The van der Waals surface area contributed by atoms with Crippen molar-refractivity contribution in [3.8, 4) is 0 Å². The number of aromatic nitrogens is 1. The first-order chi connectivity index (χ1) is 10.6. The largest absolute Gasteiger partial charge is 0.477 e. The molecule has 0 spiro atoms. The Morgan fingerprint density at radius 3 is 2.43 bits per heavy atom. The van der Waals surface area contributed by atoms with Gasteiger partial charge in [-0.1, -0.05) is 6.07 Å². The van der Waals surface area contributed by atoms with Crippen LogP contribution in [0, 0.1) is 0 Å². The lowest BCUT2D eigenvalue weighted by Gasteiger charge is -2.70. The van der Waals surface area contributed by atoms with Crippen molar-refractivity contribution in [1.82, 2.24) is 10.3 Å². The van der Waals surface area contributed by atoms with Crippen molar-refractivity contribution < 1.29 is 19.4 Å². The zero-order valence-electron chi connectivity index (χ0n) is 13.5. The van der Waals surface area contributed by atoms with Gasteiger partial charge in [-0.25, -0.2) is 14.6 Å². The summed E-state index contributed by atoms with van der Waals surface area (Å²) in [4.78, 5) is 26.9. The summed E-state index contributed by atoms with van der Waals surface area (Å²) in [5.74, 6) is -0.496. The van der Waals surface area contributed by atoms with Gasteiger partial charge in [0.25, 0.3) is 0 Å². The third-order valence-electron chi connectivity index (χ3n) is 4.16. The number of pyridine rings is 1. The van der Waals surface area contributed by atoms with Gasteiger partial charge in [-0.15, -0.1) is 0 Å². The van der Waals surface area contributed by atoms with Crippen LogP contribution in [0.4, 0.5) is 10.6 Å². The van der Waals surface area contributed by atoms with Gasteiger partial charge in [0.05, 0.1) is 5.54 Å². The van der Waals surface area contributed by atoms with Crippen LogP contribution in [0.15, 0.2) is 18.2 Å². The first kappa shape index (κ1) is 15.6. The molecule has 3 saturated carbocycles. The van der Waals surface area contributed by atoms with E-state index >= 15 is 0 Å². The predicted molar refractivity (Wildman–Crippen MR) is 83.5 cm³/mol. The van der Waals surface area contributed by atoms with E-state index < -0.39 is 17.7 Å². The van der Waals surface area contributed by atoms with Crippen LogP contribution >= 0.6 is 0 Å². The average molecular weight is 319 g/mol. The van der Waals surface area contributed by atoms with E-state index in [0.29, 0.717) is 5.82 Å². The highest BCUT2D eigenvalue weighted by atomic mass is 16.6. The molecule has 3 aliphatic carbocycles. The summed E-state index contributed by atoms with van der Waals surface area (Å²) < 4.78 is 5.28. The predicted octanol–water partition coefficient (Wildman–Crippen LogP) is 2.39. The SMILES string of the molecule is CC(C)(C)OC(=O)NC12CC(Nc3cccc(C(=O)O)n3)(C1)C2. The van der Waals surface area contributed by atoms with Gasteiger partial charge in [-0.2, -0.15) is 0 Å². The Morgan fingerprint density at radius 2 is 1.87 bits per heavy atom. The minimum atomic E-state index is -1.05. The minimum absolute atomic E-state index is 0.0168. The van der Waals surface area contributed by atoms with Crippen LogP contribution in [0.25, 0.3) is 0 Å². The topological polar surface area (TPSA) is 101 Å². The van der Waals surface area contributed by atoms with Crippen molar-refractivity contribution in [1.29, 1.82) is 0 Å². The second kappa shape index (κ2) is 4.84. The summed E-state index contributed by atoms with van der Waals surface area (Å²) in [5.41, 5.74) is -0.785. The number of anilines is 1. The number of hydrogen-bond donors (Lipinski definition) is 3. The Morgan fingerprint density at radius 1 is 1.22 bits per heavy atom. The van der Waals surface area contributed by atoms with E-state index in [-0.39, 0.29) is 16.8 Å². The molecular formula is C16H21N3O4. The van der Waals surface area contributed by atoms with Crippen LogP contribution in [0.1, 0.15) is 50.5 Å². The molecule has 0 unspecified atom stereocenters. The highest BCUT2D eigenvalue weighted by molar-refractivity contribution is 5.85. The van der Waals surface area contributed by atoms with E-state index in [4.69, 9.17) is 9.84 Å². The maximum Gasteiger partial charge on any atom is 0.408 e. The number of carboxylic acids is 1. The third-order valence-corrected chi connectivity index (χ3v) is 4.16. The second-order valence-electron chi connectivity index (χ2n) is 7.56. The maximum absolute atomic E-state index is 11.8. The summed E-state index contributed by atoms with van der Waals surface area (Å²) in [5, 5.41) is 15.2. The van der Waals surface area contributed by atoms with Crippen molar-refractivity contribution in [2.45, 2.75) is 56.7 Å². The number of carboxylic acid groups (broad SMARTS) is 1. The standard InChI is InChI=1S/C16H21N3O4/c1-14(2,3)23-13(22)19-16-7-15(8-16,9-16)18-11-6-4-5-10(17-11)12(20)21/h4-6H,7-9H2,1-3H3,(H,17,18)(H,19,22)(H,20,21). The second-order valence-corrected chi connectivity index (χ2v) is 7.56. The Kier molecular flexibility index (Phi) is 3.28. The van der Waals surface area contributed by atoms with Crippen molar-refractivity contribution in [2.75, 3.05) is 5.32 Å². The van der Waals surface area contributed by atoms with E-state index in [2.05, 4.69) is 15.6 Å². The Bertz CT molecular complexity index is 646. The van der Waals surface area contributed by atoms with Crippen LogP contribution in [0.5, 0.6) is 0 Å². The van der Waals surface area contributed by atoms with Crippen LogP contribution < -0.4 is 10.6 Å². The van der Waals surface area contributed by atoms with E-state index in [0.717, 1.165) is 19.3 Å². The van der Waals surface area contributed by atoms with Gasteiger partial charge >= 0.3 is 12.1 Å². The summed E-state index contributed by atoms with van der Waals surface area (Å²) >= 11 is 0. The van der Waals surface area contributed by atoms with Gasteiger partial charge < -0.3 is 20.5 Å². The van der Waals surface area contributed by atoms with E-state index in [1.807, 2.05) is 20.8 Å². The molecule has 1 aromatic rings. The summed E-state index contributed by atoms with van der Waals surface area (Å²) in [6.07, 6.45) is 1.98. The Balaban J connectivity index is 1.54. The van der Waals surface area contributed by atoms with E-state index in [9.17, 15) is 9.59 Å². The molecule has 124 valence electrons. The van der Waals surface area contributed by atoms with Gasteiger partial charge in [0, 0.05) is 5.54 Å². The molecule has 2 bridgehead atoms. The molecule has 0 atom stereocenters. The van der Waals surface area contributed by atoms with Crippen molar-refractivity contribution >= 4 is 17.9 Å². The zero-order valence-corrected chi connectivity index (χ0v) is 13.5. The minimum Gasteiger partial charge on any atom is -0.477 e. The molecule has 0 saturated heterocycles. The van der Waals surface area contributed by atoms with Crippen LogP contribution in [-0.4, -0.2) is 38.8 Å². The molecule has 23 heavy (non-hydrogen) atoms. The summed E-state index contributed by atoms with van der Waals surface area (Å²) in [6.45, 7) is 5.50. The Hall–Kier alpha value is -2.31. The van der Waals surface area contributed by atoms with Crippen LogP contribution in [0.3, 0.4) is 0 Å². The lowest BCUT2D eigenvalue weighted by atomic mass is 9.44. The number of carbonyl (C=O) groups excluding carboxylic acids is 1. The number of aromatic carboxylic acids is 1. The van der Waals surface area contributed by atoms with Gasteiger partial charge in [0.2, 0.25) is 0 Å². The van der Waals surface area contributed by atoms with Gasteiger partial charge in [-0.3, -0.25) is 0 Å². The van der Waals surface area contributed by atoms with Crippen molar-refractivity contribution in [3.05, 3.63) is 23.9 Å². The lowest BCUT2D eigenvalue weighted by molar-refractivity contribution is -0.0660. The molecule has 3 fully saturated rings. The molecule has 4 rings (SSSR count). The molecule has 0 aromatic carbocycles. The number of nitrogens with one attached hydrogen (secondary N) is 2. The maximum atomic E-state index is 11.8. The Labute approximate surface area is 134 Å². The fourth-order valence-electron chi connectivity index (χ4n) is 3.47. The highest BCUT2D eigenvalue weighted by Crippen LogP contribution is 2.61. The fraction of sp³-hybridized carbons (Fsp3) is 0.562. The number of ether oxygens (including phenoxy) is 1. The molecule has 3 aliphatic rings. The molecule has 0 radical (unpaired) electrons. The molecule has 1 heterocycles. The van der Waals surface area contributed by atoms with Gasteiger partial charge in [-0.05, 0) is 52.2 Å². The molecular weight excluding hydrogens is 298 g/mol. The first-order valence-electron chi connectivity index (χ1n) is 7.60. The van der Waals surface area contributed by atoms with E-state index in [1.165, 1.54) is 6.07 Å². The normalized spacial score (nSPS) is 28.1.